The number of phenols is 1. The lowest BCUT2D eigenvalue weighted by atomic mass is 9.96. The lowest BCUT2D eigenvalue weighted by Crippen LogP contribution is -2.18. The van der Waals surface area contributed by atoms with Gasteiger partial charge in [0, 0.05) is 4.47 Å². The molecule has 0 unspecified atom stereocenters. The van der Waals surface area contributed by atoms with E-state index in [0.29, 0.717) is 5.75 Å². The van der Waals surface area contributed by atoms with Crippen molar-refractivity contribution >= 4 is 15.9 Å². The van der Waals surface area contributed by atoms with E-state index in [0.717, 1.165) is 23.0 Å². The van der Waals surface area contributed by atoms with Gasteiger partial charge in [0.2, 0.25) is 0 Å². The number of benzene rings is 1. The Morgan fingerprint density at radius 1 is 1.50 bits per heavy atom. The standard InChI is InChI=1S/C12H16BrNO2/c1-16-11-4-8(9(13)5-10(11)15)6-12(7-14)2-3-12/h4-5,15H,2-3,6-7,14H2,1H3. The van der Waals surface area contributed by atoms with Crippen molar-refractivity contribution in [2.75, 3.05) is 13.7 Å². The summed E-state index contributed by atoms with van der Waals surface area (Å²) in [7, 11) is 1.56. The molecule has 1 aliphatic carbocycles. The lowest BCUT2D eigenvalue weighted by molar-refractivity contribution is 0.372. The average molecular weight is 286 g/mol. The third-order valence-electron chi connectivity index (χ3n) is 3.30. The molecular formula is C12H16BrNO2. The molecule has 0 heterocycles. The monoisotopic (exact) mass is 285 g/mol. The maximum absolute atomic E-state index is 9.61. The van der Waals surface area contributed by atoms with Crippen molar-refractivity contribution in [3.05, 3.63) is 22.2 Å². The van der Waals surface area contributed by atoms with Crippen molar-refractivity contribution in [1.29, 1.82) is 0 Å². The molecule has 2 rings (SSSR count). The Balaban J connectivity index is 2.26. The molecule has 88 valence electrons. The maximum Gasteiger partial charge on any atom is 0.160 e. The second-order valence-corrected chi connectivity index (χ2v) is 5.35. The quantitative estimate of drug-likeness (QED) is 0.894. The SMILES string of the molecule is COc1cc(CC2(CN)CC2)c(Br)cc1O. The molecule has 1 aliphatic rings. The molecule has 0 amide bonds. The summed E-state index contributed by atoms with van der Waals surface area (Å²) < 4.78 is 6.03. The maximum atomic E-state index is 9.61. The first-order valence-electron chi connectivity index (χ1n) is 5.36. The highest BCUT2D eigenvalue weighted by molar-refractivity contribution is 9.10. The van der Waals surface area contributed by atoms with Crippen LogP contribution in [0.1, 0.15) is 18.4 Å². The Labute approximate surface area is 104 Å². The molecule has 1 aromatic carbocycles. The first kappa shape index (κ1) is 11.7. The van der Waals surface area contributed by atoms with Crippen LogP contribution >= 0.6 is 15.9 Å². The summed E-state index contributed by atoms with van der Waals surface area (Å²) in [6, 6.07) is 3.57. The van der Waals surface area contributed by atoms with Gasteiger partial charge in [-0.25, -0.2) is 0 Å². The summed E-state index contributed by atoms with van der Waals surface area (Å²) in [6.45, 7) is 0.725. The number of nitrogens with two attached hydrogens (primary N) is 1. The largest absolute Gasteiger partial charge is 0.504 e. The first-order chi connectivity index (χ1) is 7.60. The van der Waals surface area contributed by atoms with Gasteiger partial charge >= 0.3 is 0 Å². The zero-order chi connectivity index (χ0) is 11.8. The molecule has 0 bridgehead atoms. The fourth-order valence-electron chi connectivity index (χ4n) is 1.92. The van der Waals surface area contributed by atoms with Crippen LogP contribution in [0.25, 0.3) is 0 Å². The molecule has 1 aromatic rings. The summed E-state index contributed by atoms with van der Waals surface area (Å²) in [4.78, 5) is 0. The van der Waals surface area contributed by atoms with Gasteiger partial charge in [0.25, 0.3) is 0 Å². The topological polar surface area (TPSA) is 55.5 Å². The van der Waals surface area contributed by atoms with Crippen molar-refractivity contribution < 1.29 is 9.84 Å². The van der Waals surface area contributed by atoms with Crippen molar-refractivity contribution in [2.24, 2.45) is 11.1 Å². The lowest BCUT2D eigenvalue weighted by Gasteiger charge is -2.15. The predicted octanol–water partition coefficient (Wildman–Crippen LogP) is 2.44. The Hall–Kier alpha value is -0.740. The summed E-state index contributed by atoms with van der Waals surface area (Å²) in [5.74, 6) is 0.682. The van der Waals surface area contributed by atoms with Gasteiger partial charge in [0.15, 0.2) is 11.5 Å². The third kappa shape index (κ3) is 2.18. The van der Waals surface area contributed by atoms with Gasteiger partial charge in [-0.1, -0.05) is 15.9 Å². The molecule has 0 radical (unpaired) electrons. The minimum absolute atomic E-state index is 0.163. The number of halogens is 1. The number of phenolic OH excluding ortho intramolecular Hbond substituents is 1. The van der Waals surface area contributed by atoms with Gasteiger partial charge in [-0.15, -0.1) is 0 Å². The van der Waals surface area contributed by atoms with Crippen molar-refractivity contribution in [2.45, 2.75) is 19.3 Å². The highest BCUT2D eigenvalue weighted by atomic mass is 79.9. The molecular weight excluding hydrogens is 270 g/mol. The van der Waals surface area contributed by atoms with Crippen molar-refractivity contribution in [1.82, 2.24) is 0 Å². The Bertz CT molecular complexity index is 402. The van der Waals surface area contributed by atoms with Crippen LogP contribution in [0.2, 0.25) is 0 Å². The predicted molar refractivity (Wildman–Crippen MR) is 66.8 cm³/mol. The minimum Gasteiger partial charge on any atom is -0.504 e. The van der Waals surface area contributed by atoms with E-state index in [2.05, 4.69) is 15.9 Å². The van der Waals surface area contributed by atoms with E-state index in [1.807, 2.05) is 6.07 Å². The zero-order valence-corrected chi connectivity index (χ0v) is 10.9. The second kappa shape index (κ2) is 4.26. The van der Waals surface area contributed by atoms with E-state index in [4.69, 9.17) is 10.5 Å². The molecule has 0 saturated heterocycles. The van der Waals surface area contributed by atoms with E-state index < -0.39 is 0 Å². The number of aromatic hydroxyl groups is 1. The molecule has 1 saturated carbocycles. The van der Waals surface area contributed by atoms with Gasteiger partial charge < -0.3 is 15.6 Å². The van der Waals surface area contributed by atoms with Crippen LogP contribution in [0, 0.1) is 5.41 Å². The van der Waals surface area contributed by atoms with Gasteiger partial charge in [-0.3, -0.25) is 0 Å². The molecule has 0 spiro atoms. The fourth-order valence-corrected chi connectivity index (χ4v) is 2.39. The van der Waals surface area contributed by atoms with Gasteiger partial charge in [-0.05, 0) is 48.9 Å². The van der Waals surface area contributed by atoms with Gasteiger partial charge in [-0.2, -0.15) is 0 Å². The van der Waals surface area contributed by atoms with E-state index in [-0.39, 0.29) is 11.2 Å². The van der Waals surface area contributed by atoms with E-state index >= 15 is 0 Å². The molecule has 0 aliphatic heterocycles. The Morgan fingerprint density at radius 3 is 2.69 bits per heavy atom. The number of methoxy groups -OCH3 is 1. The van der Waals surface area contributed by atoms with Crippen molar-refractivity contribution in [3.63, 3.8) is 0 Å². The number of hydrogen-bond donors (Lipinski definition) is 2. The summed E-state index contributed by atoms with van der Waals surface area (Å²) >= 11 is 3.46. The molecule has 0 aromatic heterocycles. The Kier molecular flexibility index (Phi) is 3.13. The summed E-state index contributed by atoms with van der Waals surface area (Å²) in [5, 5.41) is 9.61. The van der Waals surface area contributed by atoms with Crippen LogP contribution in [-0.2, 0) is 6.42 Å². The van der Waals surface area contributed by atoms with E-state index in [9.17, 15) is 5.11 Å². The molecule has 1 fully saturated rings. The van der Waals surface area contributed by atoms with Crippen LogP contribution in [0.3, 0.4) is 0 Å². The smallest absolute Gasteiger partial charge is 0.160 e. The molecule has 16 heavy (non-hydrogen) atoms. The van der Waals surface area contributed by atoms with Gasteiger partial charge in [0.1, 0.15) is 0 Å². The normalized spacial score (nSPS) is 17.2. The molecule has 3 nitrogen and oxygen atoms in total. The average Bonchev–Trinajstić information content (AvgIpc) is 3.03. The van der Waals surface area contributed by atoms with E-state index in [1.54, 1.807) is 13.2 Å². The molecule has 3 N–H and O–H groups in total. The summed E-state index contributed by atoms with van der Waals surface area (Å²) in [6.07, 6.45) is 3.33. The molecule has 0 atom stereocenters. The highest BCUT2D eigenvalue weighted by Gasteiger charge is 2.41. The van der Waals surface area contributed by atoms with Crippen LogP contribution in [0.15, 0.2) is 16.6 Å². The van der Waals surface area contributed by atoms with Crippen LogP contribution in [0.4, 0.5) is 0 Å². The number of ether oxygens (including phenoxy) is 1. The van der Waals surface area contributed by atoms with Gasteiger partial charge in [0.05, 0.1) is 7.11 Å². The fraction of sp³-hybridized carbons (Fsp3) is 0.500. The van der Waals surface area contributed by atoms with E-state index in [1.165, 1.54) is 12.8 Å². The molecule has 4 heteroatoms. The first-order valence-corrected chi connectivity index (χ1v) is 6.15. The number of hydrogen-bond acceptors (Lipinski definition) is 3. The van der Waals surface area contributed by atoms with Crippen LogP contribution in [-0.4, -0.2) is 18.8 Å². The third-order valence-corrected chi connectivity index (χ3v) is 4.04. The summed E-state index contributed by atoms with van der Waals surface area (Å²) in [5.41, 5.74) is 7.20. The number of rotatable bonds is 4. The zero-order valence-electron chi connectivity index (χ0n) is 9.29. The van der Waals surface area contributed by atoms with Crippen LogP contribution in [0.5, 0.6) is 11.5 Å². The van der Waals surface area contributed by atoms with Crippen LogP contribution < -0.4 is 10.5 Å². The highest BCUT2D eigenvalue weighted by Crippen LogP contribution is 2.49. The minimum atomic E-state index is 0.163. The van der Waals surface area contributed by atoms with Crippen molar-refractivity contribution in [3.8, 4) is 11.5 Å². The Morgan fingerprint density at radius 2 is 2.19 bits per heavy atom. The second-order valence-electron chi connectivity index (χ2n) is 4.50.